The van der Waals surface area contributed by atoms with E-state index in [9.17, 15) is 10.1 Å². The molecule has 0 bridgehead atoms. The summed E-state index contributed by atoms with van der Waals surface area (Å²) < 4.78 is 3.04. The van der Waals surface area contributed by atoms with Crippen molar-refractivity contribution in [2.45, 2.75) is 30.7 Å². The number of carbonyl (C=O) groups is 1. The van der Waals surface area contributed by atoms with Gasteiger partial charge < -0.3 is 5.32 Å². The van der Waals surface area contributed by atoms with E-state index in [0.29, 0.717) is 11.4 Å². The lowest BCUT2D eigenvalue weighted by Gasteiger charge is -2.17. The van der Waals surface area contributed by atoms with Crippen LogP contribution in [0.5, 0.6) is 0 Å². The molecule has 0 saturated heterocycles. The fourth-order valence-electron chi connectivity index (χ4n) is 4.07. The maximum atomic E-state index is 12.9. The number of aromatic nitrogens is 3. The van der Waals surface area contributed by atoms with Crippen molar-refractivity contribution in [3.8, 4) is 11.8 Å². The average molecular weight is 446 g/mol. The molecule has 0 aliphatic heterocycles. The average Bonchev–Trinajstić information content (AvgIpc) is 3.40. The van der Waals surface area contributed by atoms with Gasteiger partial charge in [0.25, 0.3) is 0 Å². The Labute approximate surface area is 188 Å². The molecule has 4 aromatic rings. The molecule has 0 unspecified atom stereocenters. The second kappa shape index (κ2) is 8.53. The van der Waals surface area contributed by atoms with Gasteiger partial charge in [0.2, 0.25) is 5.91 Å². The van der Waals surface area contributed by atoms with Gasteiger partial charge in [-0.05, 0) is 54.8 Å². The Hall–Kier alpha value is -3.15. The number of hydrogen-bond donors (Lipinski definition) is 1. The monoisotopic (exact) mass is 445 g/mol. The molecule has 3 aromatic heterocycles. The van der Waals surface area contributed by atoms with Crippen molar-refractivity contribution in [1.29, 1.82) is 5.26 Å². The number of rotatable bonds is 5. The van der Waals surface area contributed by atoms with Crippen molar-refractivity contribution in [2.24, 2.45) is 0 Å². The first kappa shape index (κ1) is 19.8. The molecule has 0 radical (unpaired) electrons. The van der Waals surface area contributed by atoms with Crippen LogP contribution in [0.2, 0.25) is 0 Å². The standard InChI is InChI=1S/C23H19N5OS2/c24-12-17-16-8-4-5-9-19(16)28(15-6-2-1-3-7-15)22(17)27-20(29)13-31-23-21-18(10-11-30-21)25-14-26-23/h1-3,6-7,10-11,14H,4-5,8-9,13H2,(H,27,29). The van der Waals surface area contributed by atoms with Gasteiger partial charge in [-0.25, -0.2) is 9.97 Å². The van der Waals surface area contributed by atoms with Crippen LogP contribution >= 0.6 is 23.1 Å². The van der Waals surface area contributed by atoms with Crippen molar-refractivity contribution in [2.75, 3.05) is 11.1 Å². The van der Waals surface area contributed by atoms with Crippen LogP contribution in [-0.4, -0.2) is 26.2 Å². The third kappa shape index (κ3) is 3.71. The summed E-state index contributed by atoms with van der Waals surface area (Å²) in [6.07, 6.45) is 5.45. The molecule has 1 aromatic carbocycles. The van der Waals surface area contributed by atoms with Gasteiger partial charge in [0.1, 0.15) is 23.2 Å². The number of carbonyl (C=O) groups excluding carboxylic acids is 1. The first-order valence-electron chi connectivity index (χ1n) is 10.1. The summed E-state index contributed by atoms with van der Waals surface area (Å²) in [6, 6.07) is 14.2. The molecule has 3 heterocycles. The molecular formula is C23H19N5OS2. The maximum Gasteiger partial charge on any atom is 0.235 e. The first-order valence-corrected chi connectivity index (χ1v) is 12.0. The highest BCUT2D eigenvalue weighted by Crippen LogP contribution is 2.36. The van der Waals surface area contributed by atoms with E-state index in [2.05, 4.69) is 25.9 Å². The minimum atomic E-state index is -0.156. The number of anilines is 1. The molecule has 8 heteroatoms. The van der Waals surface area contributed by atoms with Crippen LogP contribution in [0.1, 0.15) is 29.7 Å². The number of para-hydroxylation sites is 1. The molecule has 154 valence electrons. The molecule has 1 aliphatic carbocycles. The van der Waals surface area contributed by atoms with E-state index in [1.807, 2.05) is 41.8 Å². The van der Waals surface area contributed by atoms with Gasteiger partial charge in [-0.3, -0.25) is 9.36 Å². The Balaban J connectivity index is 1.46. The summed E-state index contributed by atoms with van der Waals surface area (Å²) in [5, 5.41) is 15.7. The van der Waals surface area contributed by atoms with E-state index < -0.39 is 0 Å². The minimum absolute atomic E-state index is 0.156. The van der Waals surface area contributed by atoms with Crippen molar-refractivity contribution >= 4 is 45.0 Å². The lowest BCUT2D eigenvalue weighted by Crippen LogP contribution is -2.18. The van der Waals surface area contributed by atoms with Crippen molar-refractivity contribution in [3.05, 3.63) is 64.9 Å². The van der Waals surface area contributed by atoms with Crippen LogP contribution in [0.25, 0.3) is 15.9 Å². The number of nitriles is 1. The predicted octanol–water partition coefficient (Wildman–Crippen LogP) is 4.96. The Bertz CT molecular complexity index is 1300. The van der Waals surface area contributed by atoms with Gasteiger partial charge in [0.05, 0.1) is 21.5 Å². The molecule has 1 aliphatic rings. The predicted molar refractivity (Wildman–Crippen MR) is 124 cm³/mol. The van der Waals surface area contributed by atoms with Gasteiger partial charge >= 0.3 is 0 Å². The molecule has 0 spiro atoms. The Morgan fingerprint density at radius 2 is 2.03 bits per heavy atom. The highest BCUT2D eigenvalue weighted by molar-refractivity contribution is 8.00. The molecule has 31 heavy (non-hydrogen) atoms. The van der Waals surface area contributed by atoms with Crippen molar-refractivity contribution in [1.82, 2.24) is 14.5 Å². The summed E-state index contributed by atoms with van der Waals surface area (Å²) in [7, 11) is 0. The van der Waals surface area contributed by atoms with Crippen LogP contribution in [-0.2, 0) is 17.6 Å². The molecule has 6 nitrogen and oxygen atoms in total. The van der Waals surface area contributed by atoms with Crippen molar-refractivity contribution in [3.63, 3.8) is 0 Å². The number of thiophene rings is 1. The molecule has 0 saturated carbocycles. The van der Waals surface area contributed by atoms with Gasteiger partial charge in [-0.2, -0.15) is 5.26 Å². The summed E-state index contributed by atoms with van der Waals surface area (Å²) in [5.41, 5.74) is 4.63. The lowest BCUT2D eigenvalue weighted by atomic mass is 9.95. The normalized spacial score (nSPS) is 13.0. The smallest absolute Gasteiger partial charge is 0.235 e. The van der Waals surface area contributed by atoms with Gasteiger partial charge in [0, 0.05) is 11.4 Å². The van der Waals surface area contributed by atoms with E-state index in [1.165, 1.54) is 18.1 Å². The van der Waals surface area contributed by atoms with Gasteiger partial charge in [-0.1, -0.05) is 30.0 Å². The van der Waals surface area contributed by atoms with Gasteiger partial charge in [0.15, 0.2) is 0 Å². The van der Waals surface area contributed by atoms with Crippen LogP contribution in [0, 0.1) is 11.3 Å². The summed E-state index contributed by atoms with van der Waals surface area (Å²) in [4.78, 5) is 21.5. The number of nitrogens with one attached hydrogen (secondary N) is 1. The van der Waals surface area contributed by atoms with Gasteiger partial charge in [-0.15, -0.1) is 11.3 Å². The Morgan fingerprint density at radius 1 is 1.19 bits per heavy atom. The third-order valence-corrected chi connectivity index (χ3v) is 7.43. The van der Waals surface area contributed by atoms with Crippen LogP contribution < -0.4 is 5.32 Å². The zero-order valence-electron chi connectivity index (χ0n) is 16.7. The first-order chi connectivity index (χ1) is 15.3. The molecule has 0 fully saturated rings. The number of nitrogens with zero attached hydrogens (tertiary/aromatic N) is 4. The van der Waals surface area contributed by atoms with E-state index in [-0.39, 0.29) is 11.7 Å². The highest BCUT2D eigenvalue weighted by atomic mass is 32.2. The number of thioether (sulfide) groups is 1. The fourth-order valence-corrected chi connectivity index (χ4v) is 5.81. The van der Waals surface area contributed by atoms with E-state index in [4.69, 9.17) is 0 Å². The van der Waals surface area contributed by atoms with Crippen LogP contribution in [0.15, 0.2) is 53.1 Å². The number of amides is 1. The quantitative estimate of drug-likeness (QED) is 0.347. The zero-order valence-corrected chi connectivity index (χ0v) is 18.3. The van der Waals surface area contributed by atoms with Crippen molar-refractivity contribution < 1.29 is 4.79 Å². The number of hydrogen-bond acceptors (Lipinski definition) is 6. The van der Waals surface area contributed by atoms with E-state index in [1.54, 1.807) is 11.3 Å². The second-order valence-corrected chi connectivity index (χ2v) is 9.17. The summed E-state index contributed by atoms with van der Waals surface area (Å²) in [5.74, 6) is 0.631. The highest BCUT2D eigenvalue weighted by Gasteiger charge is 2.26. The van der Waals surface area contributed by atoms with Crippen LogP contribution in [0.4, 0.5) is 5.82 Å². The number of fused-ring (bicyclic) bond motifs is 2. The SMILES string of the molecule is N#Cc1c2c(n(-c3ccccc3)c1NC(=O)CSc1ncnc3ccsc13)CCCC2. The topological polar surface area (TPSA) is 83.6 Å². The third-order valence-electron chi connectivity index (χ3n) is 5.41. The molecule has 1 amide bonds. The molecule has 1 N–H and O–H groups in total. The lowest BCUT2D eigenvalue weighted by molar-refractivity contribution is -0.113. The minimum Gasteiger partial charge on any atom is -0.310 e. The summed E-state index contributed by atoms with van der Waals surface area (Å²) in [6.45, 7) is 0. The molecule has 5 rings (SSSR count). The Morgan fingerprint density at radius 3 is 2.87 bits per heavy atom. The fraction of sp³-hybridized carbons (Fsp3) is 0.217. The number of benzene rings is 1. The molecular weight excluding hydrogens is 426 g/mol. The zero-order chi connectivity index (χ0) is 21.2. The Kier molecular flexibility index (Phi) is 5.45. The summed E-state index contributed by atoms with van der Waals surface area (Å²) >= 11 is 2.96. The van der Waals surface area contributed by atoms with E-state index >= 15 is 0 Å². The largest absolute Gasteiger partial charge is 0.310 e. The van der Waals surface area contributed by atoms with Crippen LogP contribution in [0.3, 0.4) is 0 Å². The maximum absolute atomic E-state index is 12.9. The van der Waals surface area contributed by atoms with E-state index in [0.717, 1.165) is 57.9 Å². The second-order valence-electron chi connectivity index (χ2n) is 7.29. The molecule has 0 atom stereocenters.